The van der Waals surface area contributed by atoms with Crippen LogP contribution in [0.2, 0.25) is 5.02 Å². The lowest BCUT2D eigenvalue weighted by Crippen LogP contribution is -2.48. The molecule has 6 heteroatoms. The zero-order valence-corrected chi connectivity index (χ0v) is 15.4. The Bertz CT molecular complexity index is 757. The van der Waals surface area contributed by atoms with Crippen molar-refractivity contribution >= 4 is 29.0 Å². The van der Waals surface area contributed by atoms with Gasteiger partial charge in [-0.3, -0.25) is 4.79 Å². The van der Waals surface area contributed by atoms with Crippen molar-refractivity contribution < 1.29 is 4.79 Å². The summed E-state index contributed by atoms with van der Waals surface area (Å²) in [5, 5.41) is 3.91. The van der Waals surface area contributed by atoms with Crippen molar-refractivity contribution in [3.05, 3.63) is 52.7 Å². The predicted octanol–water partition coefficient (Wildman–Crippen LogP) is 3.56. The first-order valence-electron chi connectivity index (χ1n) is 8.57. The lowest BCUT2D eigenvalue weighted by Gasteiger charge is -2.34. The maximum Gasteiger partial charge on any atom is 0.254 e. The van der Waals surface area contributed by atoms with Crippen molar-refractivity contribution in [3.63, 3.8) is 0 Å². The predicted molar refractivity (Wildman–Crippen MR) is 102 cm³/mol. The average Bonchev–Trinajstić information content (AvgIpc) is 2.64. The van der Waals surface area contributed by atoms with E-state index in [0.717, 1.165) is 44.0 Å². The molecule has 0 bridgehead atoms. The molecule has 132 valence electrons. The Hall–Kier alpha value is -2.11. The molecule has 0 atom stereocenters. The van der Waals surface area contributed by atoms with Crippen molar-refractivity contribution in [2.75, 3.05) is 38.0 Å². The number of anilines is 2. The van der Waals surface area contributed by atoms with Crippen LogP contribution in [0.4, 0.5) is 11.5 Å². The Balaban J connectivity index is 1.73. The van der Waals surface area contributed by atoms with Crippen LogP contribution in [0.1, 0.15) is 22.8 Å². The largest absolute Gasteiger partial charge is 0.340 e. The Morgan fingerprint density at radius 2 is 1.96 bits per heavy atom. The van der Waals surface area contributed by atoms with Gasteiger partial charge in [-0.15, -0.1) is 0 Å². The molecule has 0 saturated carbocycles. The molecular formula is C19H23ClN4O. The van der Waals surface area contributed by atoms with Gasteiger partial charge in [0, 0.05) is 48.6 Å². The zero-order valence-electron chi connectivity index (χ0n) is 14.6. The van der Waals surface area contributed by atoms with E-state index >= 15 is 0 Å². The summed E-state index contributed by atoms with van der Waals surface area (Å²) in [7, 11) is 0. The molecule has 2 aromatic rings. The number of hydrogen-bond donors (Lipinski definition) is 1. The maximum atomic E-state index is 12.8. The number of hydrogen-bond acceptors (Lipinski definition) is 4. The smallest absolute Gasteiger partial charge is 0.254 e. The van der Waals surface area contributed by atoms with Crippen LogP contribution in [-0.4, -0.2) is 53.4 Å². The molecule has 25 heavy (non-hydrogen) atoms. The van der Waals surface area contributed by atoms with E-state index in [-0.39, 0.29) is 5.91 Å². The highest BCUT2D eigenvalue weighted by molar-refractivity contribution is 6.30. The summed E-state index contributed by atoms with van der Waals surface area (Å²) in [5.41, 5.74) is 2.61. The molecular weight excluding hydrogens is 336 g/mol. The minimum atomic E-state index is 0.0593. The lowest BCUT2D eigenvalue weighted by molar-refractivity contribution is 0.0643. The van der Waals surface area contributed by atoms with E-state index in [0.29, 0.717) is 16.4 Å². The van der Waals surface area contributed by atoms with Crippen LogP contribution in [0.5, 0.6) is 0 Å². The summed E-state index contributed by atoms with van der Waals surface area (Å²) in [6.07, 6.45) is 1.66. The van der Waals surface area contributed by atoms with Gasteiger partial charge in [0.15, 0.2) is 0 Å². The van der Waals surface area contributed by atoms with E-state index < -0.39 is 0 Å². The van der Waals surface area contributed by atoms with Crippen LogP contribution in [0.25, 0.3) is 0 Å². The van der Waals surface area contributed by atoms with Crippen LogP contribution in [-0.2, 0) is 0 Å². The average molecular weight is 359 g/mol. The monoisotopic (exact) mass is 358 g/mol. The topological polar surface area (TPSA) is 48.5 Å². The number of rotatable bonds is 4. The molecule has 3 rings (SSSR count). The molecule has 1 amide bonds. The van der Waals surface area contributed by atoms with Gasteiger partial charge in [0.25, 0.3) is 5.91 Å². The number of halogens is 1. The molecule has 1 aromatic heterocycles. The highest BCUT2D eigenvalue weighted by Gasteiger charge is 2.21. The number of benzene rings is 1. The van der Waals surface area contributed by atoms with Crippen LogP contribution in [0.3, 0.4) is 0 Å². The highest BCUT2D eigenvalue weighted by atomic mass is 35.5. The van der Waals surface area contributed by atoms with Crippen molar-refractivity contribution in [1.82, 2.24) is 14.8 Å². The standard InChI is InChI=1S/C19H23ClN4O/c1-3-23-8-10-24(11-9-23)19(25)15-6-7-21-18(12-15)22-17-13-16(20)5-4-14(17)2/h4-7,12-13H,3,8-11H2,1-2H3,(H,21,22). The van der Waals surface area contributed by atoms with Crippen LogP contribution in [0.15, 0.2) is 36.5 Å². The maximum absolute atomic E-state index is 12.8. The number of aromatic nitrogens is 1. The first-order valence-corrected chi connectivity index (χ1v) is 8.95. The van der Waals surface area contributed by atoms with E-state index in [4.69, 9.17) is 11.6 Å². The molecule has 0 aliphatic carbocycles. The zero-order chi connectivity index (χ0) is 17.8. The van der Waals surface area contributed by atoms with Crippen molar-refractivity contribution in [2.24, 2.45) is 0 Å². The van der Waals surface area contributed by atoms with Crippen molar-refractivity contribution in [1.29, 1.82) is 0 Å². The second kappa shape index (κ2) is 7.85. The first kappa shape index (κ1) is 17.7. The summed E-state index contributed by atoms with van der Waals surface area (Å²) in [6.45, 7) is 8.58. The molecule has 1 fully saturated rings. The fourth-order valence-electron chi connectivity index (χ4n) is 2.95. The van der Waals surface area contributed by atoms with Gasteiger partial charge in [0.1, 0.15) is 5.82 Å². The van der Waals surface area contributed by atoms with E-state index in [1.165, 1.54) is 0 Å². The molecule has 0 spiro atoms. The van der Waals surface area contributed by atoms with Gasteiger partial charge >= 0.3 is 0 Å². The second-order valence-corrected chi connectivity index (χ2v) is 6.68. The third kappa shape index (κ3) is 4.30. The molecule has 0 unspecified atom stereocenters. The Kier molecular flexibility index (Phi) is 5.56. The Morgan fingerprint density at radius 3 is 2.68 bits per heavy atom. The molecule has 5 nitrogen and oxygen atoms in total. The Labute approximate surface area is 153 Å². The van der Waals surface area contributed by atoms with E-state index in [2.05, 4.69) is 22.1 Å². The quantitative estimate of drug-likeness (QED) is 0.907. The highest BCUT2D eigenvalue weighted by Crippen LogP contribution is 2.24. The van der Waals surface area contributed by atoms with E-state index in [9.17, 15) is 4.79 Å². The molecule has 1 aliphatic rings. The van der Waals surface area contributed by atoms with Crippen LogP contribution in [0, 0.1) is 6.92 Å². The minimum Gasteiger partial charge on any atom is -0.340 e. The van der Waals surface area contributed by atoms with Gasteiger partial charge in [0.2, 0.25) is 0 Å². The van der Waals surface area contributed by atoms with Gasteiger partial charge < -0.3 is 15.1 Å². The second-order valence-electron chi connectivity index (χ2n) is 6.24. The minimum absolute atomic E-state index is 0.0593. The summed E-state index contributed by atoms with van der Waals surface area (Å²) in [5.74, 6) is 0.701. The number of carbonyl (C=O) groups is 1. The Morgan fingerprint density at radius 1 is 1.20 bits per heavy atom. The van der Waals surface area contributed by atoms with Gasteiger partial charge in [-0.05, 0) is 43.3 Å². The molecule has 1 aliphatic heterocycles. The van der Waals surface area contributed by atoms with Gasteiger partial charge in [-0.1, -0.05) is 24.6 Å². The van der Waals surface area contributed by atoms with E-state index in [1.54, 1.807) is 18.3 Å². The summed E-state index contributed by atoms with van der Waals surface area (Å²) in [4.78, 5) is 21.3. The number of likely N-dealkylation sites (N-methyl/N-ethyl adjacent to an activating group) is 1. The van der Waals surface area contributed by atoms with Gasteiger partial charge in [-0.2, -0.15) is 0 Å². The molecule has 1 N–H and O–H groups in total. The van der Waals surface area contributed by atoms with Crippen LogP contribution < -0.4 is 5.32 Å². The SMILES string of the molecule is CCN1CCN(C(=O)c2ccnc(Nc3cc(Cl)ccc3C)c2)CC1. The van der Waals surface area contributed by atoms with Crippen molar-refractivity contribution in [3.8, 4) is 0 Å². The van der Waals surface area contributed by atoms with Gasteiger partial charge in [-0.25, -0.2) is 4.98 Å². The summed E-state index contributed by atoms with van der Waals surface area (Å²) < 4.78 is 0. The third-order valence-corrected chi connectivity index (χ3v) is 4.81. The summed E-state index contributed by atoms with van der Waals surface area (Å²) in [6, 6.07) is 9.23. The third-order valence-electron chi connectivity index (χ3n) is 4.58. The fourth-order valence-corrected chi connectivity index (χ4v) is 3.12. The molecule has 2 heterocycles. The number of aryl methyl sites for hydroxylation is 1. The number of nitrogens with zero attached hydrogens (tertiary/aromatic N) is 3. The summed E-state index contributed by atoms with van der Waals surface area (Å²) >= 11 is 6.06. The number of piperazine rings is 1. The lowest BCUT2D eigenvalue weighted by atomic mass is 10.2. The number of pyridine rings is 1. The normalized spacial score (nSPS) is 15.2. The number of carbonyl (C=O) groups excluding carboxylic acids is 1. The first-order chi connectivity index (χ1) is 12.1. The van der Waals surface area contributed by atoms with Crippen LogP contribution >= 0.6 is 11.6 Å². The molecule has 0 radical (unpaired) electrons. The number of nitrogens with one attached hydrogen (secondary N) is 1. The molecule has 1 saturated heterocycles. The molecule has 1 aromatic carbocycles. The van der Waals surface area contributed by atoms with Gasteiger partial charge in [0.05, 0.1) is 0 Å². The van der Waals surface area contributed by atoms with Crippen molar-refractivity contribution in [2.45, 2.75) is 13.8 Å². The number of amides is 1. The van der Waals surface area contributed by atoms with E-state index in [1.807, 2.05) is 30.0 Å². The fraction of sp³-hybridized carbons (Fsp3) is 0.368.